The smallest absolute Gasteiger partial charge is 0.256 e. The van der Waals surface area contributed by atoms with Gasteiger partial charge in [0.15, 0.2) is 0 Å². The van der Waals surface area contributed by atoms with Gasteiger partial charge in [0.1, 0.15) is 11.5 Å². The van der Waals surface area contributed by atoms with Crippen molar-refractivity contribution in [2.45, 2.75) is 19.8 Å². The van der Waals surface area contributed by atoms with Crippen molar-refractivity contribution in [3.8, 4) is 5.75 Å². The van der Waals surface area contributed by atoms with Crippen LogP contribution in [-0.4, -0.2) is 11.0 Å². The molecule has 96 valence electrons. The Kier molecular flexibility index (Phi) is 5.51. The molecular formula is C14H17NO3. The van der Waals surface area contributed by atoms with Gasteiger partial charge < -0.3 is 9.94 Å². The Morgan fingerprint density at radius 3 is 2.94 bits per heavy atom. The Bertz CT molecular complexity index is 452. The minimum atomic E-state index is -0.274. The number of phenols is 1. The van der Waals surface area contributed by atoms with Gasteiger partial charge in [-0.2, -0.15) is 5.48 Å². The molecule has 0 atom stereocenters. The van der Waals surface area contributed by atoms with E-state index in [0.29, 0.717) is 12.2 Å². The monoisotopic (exact) mass is 247 g/mol. The van der Waals surface area contributed by atoms with Gasteiger partial charge in [0, 0.05) is 6.42 Å². The van der Waals surface area contributed by atoms with Crippen molar-refractivity contribution in [3.63, 3.8) is 0 Å². The normalized spacial score (nSPS) is 10.8. The molecule has 0 aliphatic carbocycles. The van der Waals surface area contributed by atoms with Crippen LogP contribution in [0.5, 0.6) is 5.75 Å². The van der Waals surface area contributed by atoms with Crippen molar-refractivity contribution >= 4 is 5.91 Å². The average molecular weight is 247 g/mol. The molecule has 0 spiro atoms. The summed E-state index contributed by atoms with van der Waals surface area (Å²) in [6, 6.07) is 6.55. The molecule has 2 N–H and O–H groups in total. The van der Waals surface area contributed by atoms with E-state index < -0.39 is 0 Å². The van der Waals surface area contributed by atoms with Gasteiger partial charge in [-0.15, -0.1) is 0 Å². The van der Waals surface area contributed by atoms with Gasteiger partial charge >= 0.3 is 0 Å². The molecule has 0 radical (unpaired) electrons. The first-order valence-electron chi connectivity index (χ1n) is 5.71. The van der Waals surface area contributed by atoms with E-state index in [4.69, 9.17) is 4.84 Å². The lowest BCUT2D eigenvalue weighted by atomic mass is 10.1. The first-order chi connectivity index (χ1) is 8.65. The Balaban J connectivity index is 2.47. The summed E-state index contributed by atoms with van der Waals surface area (Å²) in [5.41, 5.74) is 3.07. The van der Waals surface area contributed by atoms with Crippen LogP contribution in [0.3, 0.4) is 0 Å². The molecule has 0 saturated carbocycles. The lowest BCUT2D eigenvalue weighted by Gasteiger charge is -2.08. The molecule has 0 aromatic heterocycles. The molecule has 1 amide bonds. The number of allylic oxidation sites excluding steroid dienone is 3. The number of rotatable bonds is 6. The van der Waals surface area contributed by atoms with Crippen LogP contribution in [0.4, 0.5) is 0 Å². The van der Waals surface area contributed by atoms with Crippen molar-refractivity contribution < 1.29 is 14.7 Å². The van der Waals surface area contributed by atoms with E-state index in [1.807, 2.05) is 6.92 Å². The maximum absolute atomic E-state index is 11.6. The largest absolute Gasteiger partial charge is 0.508 e. The third kappa shape index (κ3) is 4.74. The van der Waals surface area contributed by atoms with Crippen LogP contribution in [0.25, 0.3) is 0 Å². The number of carbonyl (C=O) groups excluding carboxylic acids is 1. The second-order valence-electron chi connectivity index (χ2n) is 3.70. The fourth-order valence-corrected chi connectivity index (χ4v) is 1.37. The molecule has 1 aromatic carbocycles. The molecule has 0 fully saturated rings. The standard InChI is InChI=1S/C14H17NO3/c1-3-6-13(4-2)18-15-14(17)10-11-7-5-8-12(16)9-11/h3,5-9,16H,1,4,10H2,2H3,(H,15,17)/b13-6+. The zero-order chi connectivity index (χ0) is 13.4. The Hall–Kier alpha value is -2.23. The number of carbonyl (C=O) groups is 1. The summed E-state index contributed by atoms with van der Waals surface area (Å²) in [6.45, 7) is 5.47. The van der Waals surface area contributed by atoms with Crippen LogP contribution in [-0.2, 0) is 16.1 Å². The summed E-state index contributed by atoms with van der Waals surface area (Å²) in [5, 5.41) is 9.27. The van der Waals surface area contributed by atoms with Gasteiger partial charge in [0.2, 0.25) is 0 Å². The van der Waals surface area contributed by atoms with E-state index in [9.17, 15) is 9.90 Å². The number of benzene rings is 1. The number of nitrogens with one attached hydrogen (secondary N) is 1. The van der Waals surface area contributed by atoms with Crippen molar-refractivity contribution in [3.05, 3.63) is 54.3 Å². The zero-order valence-electron chi connectivity index (χ0n) is 10.3. The van der Waals surface area contributed by atoms with E-state index in [-0.39, 0.29) is 18.1 Å². The molecule has 0 aliphatic rings. The molecule has 0 heterocycles. The molecule has 0 saturated heterocycles. The number of phenolic OH excluding ortho intramolecular Hbond substituents is 1. The van der Waals surface area contributed by atoms with Crippen molar-refractivity contribution in [2.24, 2.45) is 0 Å². The Morgan fingerprint density at radius 1 is 1.56 bits per heavy atom. The molecule has 0 bridgehead atoms. The third-order valence-electron chi connectivity index (χ3n) is 2.22. The van der Waals surface area contributed by atoms with Gasteiger partial charge in [0.25, 0.3) is 5.91 Å². The van der Waals surface area contributed by atoms with Gasteiger partial charge in [-0.05, 0) is 23.8 Å². The minimum absolute atomic E-state index is 0.141. The SMILES string of the molecule is C=C/C=C(\CC)ONC(=O)Cc1cccc(O)c1. The van der Waals surface area contributed by atoms with E-state index in [2.05, 4.69) is 12.1 Å². The molecule has 4 nitrogen and oxygen atoms in total. The highest BCUT2D eigenvalue weighted by atomic mass is 16.7. The average Bonchev–Trinajstić information content (AvgIpc) is 2.34. The topological polar surface area (TPSA) is 58.6 Å². The van der Waals surface area contributed by atoms with E-state index in [1.54, 1.807) is 36.4 Å². The second kappa shape index (κ2) is 7.17. The Morgan fingerprint density at radius 2 is 2.33 bits per heavy atom. The van der Waals surface area contributed by atoms with E-state index >= 15 is 0 Å². The number of hydroxylamine groups is 1. The summed E-state index contributed by atoms with van der Waals surface area (Å²) < 4.78 is 0. The van der Waals surface area contributed by atoms with E-state index in [1.165, 1.54) is 0 Å². The molecule has 0 unspecified atom stereocenters. The number of aromatic hydroxyl groups is 1. The first-order valence-corrected chi connectivity index (χ1v) is 5.71. The summed E-state index contributed by atoms with van der Waals surface area (Å²) >= 11 is 0. The summed E-state index contributed by atoms with van der Waals surface area (Å²) in [6.07, 6.45) is 4.10. The summed E-state index contributed by atoms with van der Waals surface area (Å²) in [5.74, 6) is 0.500. The second-order valence-corrected chi connectivity index (χ2v) is 3.70. The predicted molar refractivity (Wildman–Crippen MR) is 69.6 cm³/mol. The highest BCUT2D eigenvalue weighted by Gasteiger charge is 2.05. The molecule has 4 heteroatoms. The number of amides is 1. The molecule has 1 aromatic rings. The van der Waals surface area contributed by atoms with Gasteiger partial charge in [-0.1, -0.05) is 31.7 Å². The van der Waals surface area contributed by atoms with Crippen LogP contribution in [0, 0.1) is 0 Å². The maximum Gasteiger partial charge on any atom is 0.256 e. The maximum atomic E-state index is 11.6. The lowest BCUT2D eigenvalue weighted by Crippen LogP contribution is -2.25. The third-order valence-corrected chi connectivity index (χ3v) is 2.22. The van der Waals surface area contributed by atoms with Crippen molar-refractivity contribution in [1.82, 2.24) is 5.48 Å². The highest BCUT2D eigenvalue weighted by Crippen LogP contribution is 2.11. The first kappa shape index (κ1) is 13.8. The highest BCUT2D eigenvalue weighted by molar-refractivity contribution is 5.77. The fourth-order valence-electron chi connectivity index (χ4n) is 1.37. The van der Waals surface area contributed by atoms with Crippen LogP contribution in [0.15, 0.2) is 48.8 Å². The molecule has 1 rings (SSSR count). The number of hydrogen-bond acceptors (Lipinski definition) is 3. The summed E-state index contributed by atoms with van der Waals surface area (Å²) in [4.78, 5) is 16.7. The zero-order valence-corrected chi connectivity index (χ0v) is 10.3. The fraction of sp³-hybridized carbons (Fsp3) is 0.214. The van der Waals surface area contributed by atoms with Gasteiger partial charge in [-0.25, -0.2) is 0 Å². The minimum Gasteiger partial charge on any atom is -0.508 e. The predicted octanol–water partition coefficient (Wildman–Crippen LogP) is 2.46. The summed E-state index contributed by atoms with van der Waals surface area (Å²) in [7, 11) is 0. The van der Waals surface area contributed by atoms with Crippen LogP contribution in [0.2, 0.25) is 0 Å². The number of hydrogen-bond donors (Lipinski definition) is 2. The molecule has 18 heavy (non-hydrogen) atoms. The van der Waals surface area contributed by atoms with Gasteiger partial charge in [0.05, 0.1) is 6.42 Å². The Labute approximate surface area is 107 Å². The van der Waals surface area contributed by atoms with E-state index in [0.717, 1.165) is 5.56 Å². The van der Waals surface area contributed by atoms with Gasteiger partial charge in [-0.3, -0.25) is 4.79 Å². The molecular weight excluding hydrogens is 230 g/mol. The van der Waals surface area contributed by atoms with Crippen LogP contribution < -0.4 is 5.48 Å². The molecule has 0 aliphatic heterocycles. The van der Waals surface area contributed by atoms with Crippen molar-refractivity contribution in [1.29, 1.82) is 0 Å². The lowest BCUT2D eigenvalue weighted by molar-refractivity contribution is -0.130. The van der Waals surface area contributed by atoms with Crippen LogP contribution in [0.1, 0.15) is 18.9 Å². The van der Waals surface area contributed by atoms with Crippen molar-refractivity contribution in [2.75, 3.05) is 0 Å². The quantitative estimate of drug-likeness (QED) is 0.461. The van der Waals surface area contributed by atoms with Crippen LogP contribution >= 0.6 is 0 Å².